The van der Waals surface area contributed by atoms with Crippen molar-refractivity contribution in [1.29, 1.82) is 0 Å². The minimum absolute atomic E-state index is 0.0123. The summed E-state index contributed by atoms with van der Waals surface area (Å²) in [6.45, 7) is 66.0. The molecule has 0 aliphatic carbocycles. The average molecular weight is 1860 g/mol. The van der Waals surface area contributed by atoms with Gasteiger partial charge in [-0.1, -0.05) is 84.9 Å². The molecule has 0 saturated carbocycles. The lowest BCUT2D eigenvalue weighted by Crippen LogP contribution is -2.37. The summed E-state index contributed by atoms with van der Waals surface area (Å²) < 4.78 is 95.5. The number of hydrogen-bond donors (Lipinski definition) is 11. The van der Waals surface area contributed by atoms with Gasteiger partial charge >= 0.3 is 12.1 Å². The molecule has 9 aromatic rings. The Balaban J connectivity index is 0.000000503. The van der Waals surface area contributed by atoms with Crippen LogP contribution in [-0.2, 0) is 74.1 Å². The van der Waals surface area contributed by atoms with E-state index in [1.165, 1.54) is 52.6 Å². The first-order valence-corrected chi connectivity index (χ1v) is 47.4. The fourth-order valence-corrected chi connectivity index (χ4v) is 12.1. The maximum Gasteiger partial charge on any atom is 0.416 e. The molecule has 0 bridgehead atoms. The number of aromatic nitrogens is 3. The molecule has 12 N–H and O–H groups in total. The number of pyridine rings is 3. The second-order valence-electron chi connectivity index (χ2n) is 41.9. The van der Waals surface area contributed by atoms with Gasteiger partial charge in [0.15, 0.2) is 11.5 Å². The van der Waals surface area contributed by atoms with E-state index in [1.807, 2.05) is 100 Å². The Morgan fingerprint density at radius 3 is 1.10 bits per heavy atom. The van der Waals surface area contributed by atoms with Crippen molar-refractivity contribution in [2.45, 2.75) is 306 Å². The van der Waals surface area contributed by atoms with Crippen LogP contribution in [-0.4, -0.2) is 143 Å². The molecule has 0 amide bonds. The van der Waals surface area contributed by atoms with Crippen LogP contribution in [0.5, 0.6) is 11.5 Å². The fraction of sp³-hybridized carbons (Fsp3) is 0.514. The van der Waals surface area contributed by atoms with Gasteiger partial charge in [-0.3, -0.25) is 15.0 Å². The number of nitrogens with zero attached hydrogens (tertiary/aromatic N) is 3. The number of carboxylic acid groups (broad SMARTS) is 1. The van der Waals surface area contributed by atoms with Crippen LogP contribution in [0.4, 0.5) is 22.0 Å². The van der Waals surface area contributed by atoms with Crippen molar-refractivity contribution < 1.29 is 49.7 Å². The van der Waals surface area contributed by atoms with E-state index in [-0.39, 0.29) is 66.4 Å². The third kappa shape index (κ3) is 66.4. The van der Waals surface area contributed by atoms with E-state index in [9.17, 15) is 35.2 Å². The number of aromatic carboxylic acids is 1. The molecular weight excluding hydrogens is 1690 g/mol. The molecule has 0 saturated heterocycles. The number of sulfonamides is 1. The van der Waals surface area contributed by atoms with Crippen LogP contribution in [0, 0.1) is 11.6 Å². The number of carbonyl (C=O) groups is 1. The van der Waals surface area contributed by atoms with Crippen molar-refractivity contribution >= 4 is 16.0 Å². The standard InChI is InChI=1S/C13H18F3N.C13H19NO2.2C12H18FN.C12H20N2O2S.C12H17NO2.3C11H18N2/c1-12(2,3)17-8-7-10-5-4-6-11(9-10)13(14,15)16;1-13(2,3)14-7-6-10-4-5-11-12(8-10)16-9-15-11;1-12(2,3)14-9-8-10-4-6-11(13)7-5-10;1-12(2,3)14-8-7-10-5-4-6-11(13)9-10;1-12(2,3)14-9-8-10-4-6-11(7-5-10)17(13,15)16;1-12(2,3)13-8-9-4-6-10(7-5-9)11(14)15;1-11(2,3)13-9-6-10-4-7-12-8-5-10;1-11(2,3)13-8-6-10-5-4-7-12-9-10;1-11(2,3)13-9-7-10-6-4-5-8-12-10/h4-6,9,17H,7-8H2,1-3H3;4-5,8,14H,6-7,9H2,1-3H3;4-7,14H,8-9H2,1-3H3;4-6,9,14H,7-8H2,1-3H3;4-7,14H,8-9H2,1-3H3,(H2,13,15,16);4-7,13H,8H2,1-3H3,(H,14,15);4-5,7-8,13H,6,9H2,1-3H3;4-5,7,9,13H,6,8H2,1-3H3;4-6,8,13H,7,9H2,1-3H3. The maximum atomic E-state index is 12.8. The van der Waals surface area contributed by atoms with Gasteiger partial charge in [0.2, 0.25) is 16.8 Å². The summed E-state index contributed by atoms with van der Waals surface area (Å²) in [6, 6.07) is 52.9. The maximum absolute atomic E-state index is 12.8. The SMILES string of the molecule is CC(C)(C)NCCc1ccc(F)cc1.CC(C)(C)NCCc1ccc(S(N)(=O)=O)cc1.CC(C)(C)NCCc1ccc2c(c1)OCO2.CC(C)(C)NCCc1cccc(C(F)(F)F)c1.CC(C)(C)NCCc1cccc(F)c1.CC(C)(C)NCCc1ccccn1.CC(C)(C)NCCc1cccnc1.CC(C)(C)NCCc1ccncc1.CC(C)(C)NCc1ccc(C(=O)O)cc1. The van der Waals surface area contributed by atoms with Gasteiger partial charge in [0.25, 0.3) is 0 Å². The minimum Gasteiger partial charge on any atom is -0.478 e. The first-order chi connectivity index (χ1) is 61.0. The Bertz CT molecular complexity index is 4570. The molecule has 1 aliphatic heterocycles. The van der Waals surface area contributed by atoms with Crippen molar-refractivity contribution in [2.75, 3.05) is 59.2 Å². The number of primary sulfonamides is 1. The number of halogens is 5. The Morgan fingerprint density at radius 1 is 0.348 bits per heavy atom. The molecule has 19 nitrogen and oxygen atoms in total. The summed E-state index contributed by atoms with van der Waals surface area (Å²) in [7, 11) is -3.58. The molecule has 0 atom stereocenters. The van der Waals surface area contributed by atoms with Crippen molar-refractivity contribution in [3.8, 4) is 11.5 Å². The van der Waals surface area contributed by atoms with Crippen LogP contribution in [0.15, 0.2) is 218 Å². The first-order valence-electron chi connectivity index (χ1n) is 45.9. The lowest BCUT2D eigenvalue weighted by Gasteiger charge is -2.20. The zero-order valence-electron chi connectivity index (χ0n) is 84.6. The lowest BCUT2D eigenvalue weighted by molar-refractivity contribution is -0.137. The number of benzene rings is 6. The lowest BCUT2D eigenvalue weighted by atomic mass is 10.1. The molecule has 3 aromatic heterocycles. The van der Waals surface area contributed by atoms with Gasteiger partial charge < -0.3 is 62.4 Å². The van der Waals surface area contributed by atoms with Crippen molar-refractivity contribution in [2.24, 2.45) is 5.14 Å². The average Bonchev–Trinajstić information content (AvgIpc) is 1.80. The van der Waals surface area contributed by atoms with E-state index < -0.39 is 27.7 Å². The molecule has 25 heteroatoms. The molecule has 1 aliphatic rings. The number of nitrogens with two attached hydrogens (primary N) is 1. The van der Waals surface area contributed by atoms with Gasteiger partial charge in [0.05, 0.1) is 16.0 Å². The summed E-state index contributed by atoms with van der Waals surface area (Å²) >= 11 is 0. The van der Waals surface area contributed by atoms with Crippen LogP contribution in [0.3, 0.4) is 0 Å². The van der Waals surface area contributed by atoms with Crippen molar-refractivity contribution in [3.63, 3.8) is 0 Å². The van der Waals surface area contributed by atoms with Crippen LogP contribution < -0.4 is 62.5 Å². The Hall–Kier alpha value is -8.96. The second-order valence-corrected chi connectivity index (χ2v) is 43.5. The molecule has 132 heavy (non-hydrogen) atoms. The predicted octanol–water partition coefficient (Wildman–Crippen LogP) is 21.1. The number of carboxylic acids is 1. The van der Waals surface area contributed by atoms with Gasteiger partial charge in [-0.2, -0.15) is 13.2 Å². The molecule has 0 spiro atoms. The third-order valence-corrected chi connectivity index (χ3v) is 19.4. The molecule has 0 radical (unpaired) electrons. The number of rotatable bonds is 28. The van der Waals surface area contributed by atoms with Crippen molar-refractivity contribution in [3.05, 3.63) is 286 Å². The Kier molecular flexibility index (Phi) is 52.7. The Labute approximate surface area is 791 Å². The minimum atomic E-state index is -4.26. The van der Waals surface area contributed by atoms with Crippen LogP contribution in [0.25, 0.3) is 0 Å². The number of fused-ring (bicyclic) bond motifs is 1. The van der Waals surface area contributed by atoms with Gasteiger partial charge in [-0.15, -0.1) is 0 Å². The van der Waals surface area contributed by atoms with Gasteiger partial charge in [0, 0.05) is 106 Å². The van der Waals surface area contributed by atoms with Gasteiger partial charge in [0.1, 0.15) is 11.6 Å². The van der Waals surface area contributed by atoms with E-state index >= 15 is 0 Å². The second kappa shape index (κ2) is 58.4. The number of hydrogen-bond acceptors (Lipinski definition) is 17. The van der Waals surface area contributed by atoms with E-state index in [1.54, 1.807) is 60.8 Å². The van der Waals surface area contributed by atoms with Gasteiger partial charge in [-0.25, -0.2) is 27.1 Å². The monoisotopic (exact) mass is 1850 g/mol. The molecule has 0 fully saturated rings. The number of alkyl halides is 3. The molecule has 10 rings (SSSR count). The summed E-state index contributed by atoms with van der Waals surface area (Å²) in [5.41, 5.74) is 11.2. The highest BCUT2D eigenvalue weighted by Gasteiger charge is 2.30. The molecular formula is C107H164F5N13O6S. The van der Waals surface area contributed by atoms with Crippen LogP contribution in [0.1, 0.15) is 253 Å². The zero-order valence-corrected chi connectivity index (χ0v) is 85.5. The van der Waals surface area contributed by atoms with E-state index in [2.05, 4.69) is 265 Å². The topological polar surface area (TPSA) is 263 Å². The van der Waals surface area contributed by atoms with Crippen LogP contribution >= 0.6 is 0 Å². The smallest absolute Gasteiger partial charge is 0.416 e. The third-order valence-electron chi connectivity index (χ3n) is 18.5. The highest BCUT2D eigenvalue weighted by molar-refractivity contribution is 7.89. The van der Waals surface area contributed by atoms with E-state index in [4.69, 9.17) is 19.7 Å². The van der Waals surface area contributed by atoms with Gasteiger partial charge in [-0.05, 0) is 419 Å². The quantitative estimate of drug-likeness (QED) is 0.0204. The number of ether oxygens (including phenoxy) is 2. The summed E-state index contributed by atoms with van der Waals surface area (Å²) in [5, 5.41) is 44.2. The van der Waals surface area contributed by atoms with Crippen molar-refractivity contribution in [1.82, 2.24) is 62.8 Å². The largest absolute Gasteiger partial charge is 0.478 e. The molecule has 4 heterocycles. The molecule has 734 valence electrons. The highest BCUT2D eigenvalue weighted by Crippen LogP contribution is 2.33. The molecule has 0 unspecified atom stereocenters. The summed E-state index contributed by atoms with van der Waals surface area (Å²) in [4.78, 5) is 23.1. The number of nitrogens with one attached hydrogen (secondary N) is 9. The van der Waals surface area contributed by atoms with Crippen LogP contribution in [0.2, 0.25) is 0 Å². The summed E-state index contributed by atoms with van der Waals surface area (Å²) in [6.07, 6.45) is 12.4. The fourth-order valence-electron chi connectivity index (χ4n) is 11.6. The molecule has 6 aromatic carbocycles. The highest BCUT2D eigenvalue weighted by atomic mass is 32.2. The zero-order chi connectivity index (χ0) is 99.7. The van der Waals surface area contributed by atoms with E-state index in [0.29, 0.717) is 30.9 Å². The summed E-state index contributed by atoms with van der Waals surface area (Å²) in [5.74, 6) is 0.516. The Morgan fingerprint density at radius 2 is 0.712 bits per heavy atom. The first kappa shape index (κ1) is 119. The predicted molar refractivity (Wildman–Crippen MR) is 539 cm³/mol. The normalized spacial score (nSPS) is 12.2. The van der Waals surface area contributed by atoms with E-state index in [0.717, 1.165) is 137 Å².